The standard InChI is InChI=1S/C32H34ClF3N4O3/c1-19(2)29(24-5-3-4-6-26(24)33)37-31(42)21-9-12-27-25(17-21)30(39-38-27)20-7-10-22(11-8-20)43-23-13-15-40(16-14-23)18-28(41)32(34,35)36/h3-12,17,19,23,28-29,41H,13-16,18H2,1-2H3,(H,37,42)(H,38,39). The van der Waals surface area contributed by atoms with Gasteiger partial charge in [0, 0.05) is 41.2 Å². The average molecular weight is 615 g/mol. The molecule has 5 rings (SSSR count). The van der Waals surface area contributed by atoms with Gasteiger partial charge in [0.1, 0.15) is 11.9 Å². The first-order valence-corrected chi connectivity index (χ1v) is 14.6. The molecule has 3 N–H and O–H groups in total. The Morgan fingerprint density at radius 3 is 2.47 bits per heavy atom. The lowest BCUT2D eigenvalue weighted by Gasteiger charge is -2.33. The number of piperidine rings is 1. The van der Waals surface area contributed by atoms with E-state index in [-0.39, 0.29) is 24.0 Å². The molecule has 2 atom stereocenters. The van der Waals surface area contributed by atoms with Gasteiger partial charge in [-0.2, -0.15) is 18.3 Å². The topological polar surface area (TPSA) is 90.5 Å². The summed E-state index contributed by atoms with van der Waals surface area (Å²) in [5.41, 5.74) is 3.69. The molecule has 0 saturated carbocycles. The second-order valence-electron chi connectivity index (χ2n) is 11.2. The summed E-state index contributed by atoms with van der Waals surface area (Å²) < 4.78 is 44.1. The van der Waals surface area contributed by atoms with Crippen LogP contribution in [0, 0.1) is 5.92 Å². The summed E-state index contributed by atoms with van der Waals surface area (Å²) >= 11 is 6.43. The van der Waals surface area contributed by atoms with Gasteiger partial charge in [-0.1, -0.05) is 43.6 Å². The molecule has 1 aliphatic heterocycles. The van der Waals surface area contributed by atoms with Gasteiger partial charge in [0.05, 0.1) is 17.3 Å². The largest absolute Gasteiger partial charge is 0.490 e. The van der Waals surface area contributed by atoms with Crippen LogP contribution in [0.25, 0.3) is 22.2 Å². The SMILES string of the molecule is CC(C)C(NC(=O)c1ccc2[nH]nc(-c3ccc(OC4CCN(CC(O)C(F)(F)F)CC4)cc3)c2c1)c1ccccc1Cl. The van der Waals surface area contributed by atoms with E-state index in [1.54, 1.807) is 11.0 Å². The summed E-state index contributed by atoms with van der Waals surface area (Å²) in [4.78, 5) is 15.0. The van der Waals surface area contributed by atoms with Gasteiger partial charge in [-0.3, -0.25) is 9.89 Å². The van der Waals surface area contributed by atoms with Crippen LogP contribution in [0.2, 0.25) is 5.02 Å². The molecular weight excluding hydrogens is 581 g/mol. The first kappa shape index (κ1) is 30.8. The number of benzene rings is 3. The number of aromatic nitrogens is 2. The number of ether oxygens (including phenoxy) is 1. The Morgan fingerprint density at radius 1 is 1.12 bits per heavy atom. The molecule has 1 fully saturated rings. The highest BCUT2D eigenvalue weighted by atomic mass is 35.5. The first-order valence-electron chi connectivity index (χ1n) is 14.3. The molecule has 3 aromatic carbocycles. The smallest absolute Gasteiger partial charge is 0.415 e. The van der Waals surface area contributed by atoms with E-state index in [1.165, 1.54) is 0 Å². The number of nitrogens with one attached hydrogen (secondary N) is 2. The van der Waals surface area contributed by atoms with Crippen molar-refractivity contribution in [1.29, 1.82) is 0 Å². The number of carbonyl (C=O) groups excluding carboxylic acids is 1. The molecule has 43 heavy (non-hydrogen) atoms. The fourth-order valence-corrected chi connectivity index (χ4v) is 5.63. The minimum atomic E-state index is -4.61. The monoisotopic (exact) mass is 614 g/mol. The summed E-state index contributed by atoms with van der Waals surface area (Å²) in [6, 6.07) is 20.1. The summed E-state index contributed by atoms with van der Waals surface area (Å²) in [5.74, 6) is 0.555. The van der Waals surface area contributed by atoms with Crippen LogP contribution in [-0.4, -0.2) is 64.1 Å². The first-order chi connectivity index (χ1) is 20.5. The van der Waals surface area contributed by atoms with Crippen LogP contribution >= 0.6 is 11.6 Å². The molecule has 1 aromatic heterocycles. The van der Waals surface area contributed by atoms with Gasteiger partial charge in [0.2, 0.25) is 0 Å². The highest BCUT2D eigenvalue weighted by molar-refractivity contribution is 6.31. The lowest BCUT2D eigenvalue weighted by Crippen LogP contribution is -2.45. The van der Waals surface area contributed by atoms with Crippen LogP contribution in [-0.2, 0) is 0 Å². The zero-order chi connectivity index (χ0) is 30.7. The number of aliphatic hydroxyl groups excluding tert-OH is 1. The molecule has 11 heteroatoms. The molecule has 4 aromatic rings. The lowest BCUT2D eigenvalue weighted by molar-refractivity contribution is -0.208. The van der Waals surface area contributed by atoms with Crippen molar-refractivity contribution >= 4 is 28.4 Å². The van der Waals surface area contributed by atoms with Crippen molar-refractivity contribution in [3.63, 3.8) is 0 Å². The summed E-state index contributed by atoms with van der Waals surface area (Å²) in [5, 5.41) is 21.4. The number of carbonyl (C=O) groups is 1. The number of alkyl halides is 3. The Labute approximate surface area is 253 Å². The molecule has 1 aliphatic rings. The molecule has 2 heterocycles. The number of nitrogens with zero attached hydrogens (tertiary/aromatic N) is 2. The number of hydrogen-bond acceptors (Lipinski definition) is 5. The Morgan fingerprint density at radius 2 is 1.81 bits per heavy atom. The van der Waals surface area contributed by atoms with Gasteiger partial charge in [-0.15, -0.1) is 0 Å². The van der Waals surface area contributed by atoms with E-state index in [9.17, 15) is 23.1 Å². The number of hydrogen-bond donors (Lipinski definition) is 3. The van der Waals surface area contributed by atoms with Crippen LogP contribution in [0.15, 0.2) is 66.7 Å². The Hall–Kier alpha value is -3.60. The molecule has 7 nitrogen and oxygen atoms in total. The van der Waals surface area contributed by atoms with E-state index in [4.69, 9.17) is 16.3 Å². The van der Waals surface area contributed by atoms with Crippen molar-refractivity contribution in [2.75, 3.05) is 19.6 Å². The molecule has 0 spiro atoms. The van der Waals surface area contributed by atoms with E-state index in [2.05, 4.69) is 15.5 Å². The Kier molecular flexibility index (Phi) is 9.29. The second-order valence-corrected chi connectivity index (χ2v) is 11.7. The Bertz CT molecular complexity index is 1550. The number of aromatic amines is 1. The van der Waals surface area contributed by atoms with Crippen molar-refractivity contribution in [3.05, 3.63) is 82.9 Å². The number of amides is 1. The van der Waals surface area contributed by atoms with Crippen LogP contribution in [0.1, 0.15) is 48.7 Å². The highest BCUT2D eigenvalue weighted by Gasteiger charge is 2.39. The highest BCUT2D eigenvalue weighted by Crippen LogP contribution is 2.31. The number of fused-ring (bicyclic) bond motifs is 1. The van der Waals surface area contributed by atoms with Crippen molar-refractivity contribution < 1.29 is 27.8 Å². The predicted octanol–water partition coefficient (Wildman–Crippen LogP) is 6.78. The van der Waals surface area contributed by atoms with Crippen LogP contribution < -0.4 is 10.1 Å². The molecule has 0 bridgehead atoms. The van der Waals surface area contributed by atoms with E-state index >= 15 is 0 Å². The summed E-state index contributed by atoms with van der Waals surface area (Å²) in [6.07, 6.45) is -5.95. The molecule has 0 radical (unpaired) electrons. The van der Waals surface area contributed by atoms with Gasteiger partial charge < -0.3 is 20.1 Å². The number of aliphatic hydroxyl groups is 1. The third-order valence-corrected chi connectivity index (χ3v) is 8.14. The second kappa shape index (κ2) is 13.0. The molecule has 1 amide bonds. The summed E-state index contributed by atoms with van der Waals surface area (Å²) in [6.45, 7) is 4.48. The lowest BCUT2D eigenvalue weighted by atomic mass is 9.95. The van der Waals surface area contributed by atoms with Gasteiger partial charge in [-0.25, -0.2) is 0 Å². The fourth-order valence-electron chi connectivity index (χ4n) is 5.37. The number of rotatable bonds is 9. The maximum absolute atomic E-state index is 13.3. The minimum Gasteiger partial charge on any atom is -0.490 e. The van der Waals surface area contributed by atoms with Crippen LogP contribution in [0.3, 0.4) is 0 Å². The number of β-amino-alcohol motifs (C(OH)–C–C–N with tert-alkyl or cyclic N) is 1. The third-order valence-electron chi connectivity index (χ3n) is 7.79. The number of H-pyrrole nitrogens is 1. The van der Waals surface area contributed by atoms with Crippen LogP contribution in [0.4, 0.5) is 13.2 Å². The van der Waals surface area contributed by atoms with Gasteiger partial charge in [-0.05, 0) is 72.9 Å². The molecule has 1 saturated heterocycles. The minimum absolute atomic E-state index is 0.118. The average Bonchev–Trinajstić information content (AvgIpc) is 3.40. The van der Waals surface area contributed by atoms with E-state index < -0.39 is 18.8 Å². The predicted molar refractivity (Wildman–Crippen MR) is 160 cm³/mol. The van der Waals surface area contributed by atoms with E-state index in [0.717, 1.165) is 22.0 Å². The Balaban J connectivity index is 1.24. The van der Waals surface area contributed by atoms with Gasteiger partial charge in [0.15, 0.2) is 6.10 Å². The van der Waals surface area contributed by atoms with Crippen molar-refractivity contribution in [2.24, 2.45) is 5.92 Å². The van der Waals surface area contributed by atoms with E-state index in [0.29, 0.717) is 48.0 Å². The maximum atomic E-state index is 13.3. The zero-order valence-electron chi connectivity index (χ0n) is 23.9. The van der Waals surface area contributed by atoms with Gasteiger partial charge in [0.25, 0.3) is 5.91 Å². The molecule has 0 aliphatic carbocycles. The quantitative estimate of drug-likeness (QED) is 0.193. The molecule has 228 valence electrons. The van der Waals surface area contributed by atoms with Gasteiger partial charge >= 0.3 is 6.18 Å². The van der Waals surface area contributed by atoms with Crippen molar-refractivity contribution in [3.8, 4) is 17.0 Å². The van der Waals surface area contributed by atoms with E-state index in [1.807, 2.05) is 74.5 Å². The van der Waals surface area contributed by atoms with Crippen molar-refractivity contribution in [2.45, 2.75) is 51.1 Å². The third kappa shape index (κ3) is 7.31. The van der Waals surface area contributed by atoms with Crippen molar-refractivity contribution in [1.82, 2.24) is 20.4 Å². The maximum Gasteiger partial charge on any atom is 0.415 e. The zero-order valence-corrected chi connectivity index (χ0v) is 24.6. The number of likely N-dealkylation sites (tertiary alicyclic amines) is 1. The number of halogens is 4. The van der Waals surface area contributed by atoms with Crippen LogP contribution in [0.5, 0.6) is 5.75 Å². The molecular formula is C32H34ClF3N4O3. The molecule has 2 unspecified atom stereocenters. The normalized spacial score (nSPS) is 16.4. The fraction of sp³-hybridized carbons (Fsp3) is 0.375. The summed E-state index contributed by atoms with van der Waals surface area (Å²) in [7, 11) is 0.